The summed E-state index contributed by atoms with van der Waals surface area (Å²) in [6.07, 6.45) is 4.27. The largest absolute Gasteiger partial charge is 0.381 e. The molecule has 1 nitrogen and oxygen atoms in total. The Balaban J connectivity index is 1.59. The zero-order chi connectivity index (χ0) is 15.0. The van der Waals surface area contributed by atoms with Gasteiger partial charge in [-0.15, -0.1) is 0 Å². The van der Waals surface area contributed by atoms with Crippen LogP contribution < -0.4 is 5.32 Å². The molecule has 0 aromatic heterocycles. The molecule has 0 aliphatic carbocycles. The third-order valence-corrected chi connectivity index (χ3v) is 3.52. The highest BCUT2D eigenvalue weighted by molar-refractivity contribution is 5.70. The van der Waals surface area contributed by atoms with E-state index in [2.05, 4.69) is 90.3 Å². The van der Waals surface area contributed by atoms with Crippen LogP contribution in [0.15, 0.2) is 84.9 Å². The second-order valence-corrected chi connectivity index (χ2v) is 5.21. The lowest BCUT2D eigenvalue weighted by Gasteiger charge is -2.06. The molecule has 3 rings (SSSR count). The fourth-order valence-electron chi connectivity index (χ4n) is 2.27. The number of hydrogen-bond acceptors (Lipinski definition) is 1. The zero-order valence-corrected chi connectivity index (χ0v) is 12.4. The van der Waals surface area contributed by atoms with Crippen molar-refractivity contribution in [2.45, 2.75) is 6.54 Å². The van der Waals surface area contributed by atoms with E-state index in [9.17, 15) is 0 Å². The summed E-state index contributed by atoms with van der Waals surface area (Å²) < 4.78 is 0. The molecule has 0 unspecified atom stereocenters. The van der Waals surface area contributed by atoms with Gasteiger partial charge in [-0.3, -0.25) is 0 Å². The smallest absolute Gasteiger partial charge is 0.0400 e. The molecule has 1 N–H and O–H groups in total. The molecule has 0 fully saturated rings. The Labute approximate surface area is 132 Å². The third kappa shape index (κ3) is 4.10. The van der Waals surface area contributed by atoms with Crippen molar-refractivity contribution in [2.24, 2.45) is 0 Å². The standard InChI is InChI=1S/C21H19N/c1-3-7-18(8-4-1)11-12-19-13-15-21(16-14-19)22-17-20-9-5-2-6-10-20/h1-16,22H,17H2. The molecule has 108 valence electrons. The molecule has 0 heterocycles. The van der Waals surface area contributed by atoms with Crippen LogP contribution in [0.5, 0.6) is 0 Å². The SMILES string of the molecule is C(=Cc1ccc(NCc2ccccc2)cc1)c1ccccc1. The first-order valence-corrected chi connectivity index (χ1v) is 7.51. The molecule has 22 heavy (non-hydrogen) atoms. The van der Waals surface area contributed by atoms with Gasteiger partial charge in [0, 0.05) is 12.2 Å². The van der Waals surface area contributed by atoms with Crippen LogP contribution in [-0.4, -0.2) is 0 Å². The van der Waals surface area contributed by atoms with E-state index in [-0.39, 0.29) is 0 Å². The molecule has 0 aliphatic heterocycles. The van der Waals surface area contributed by atoms with Gasteiger partial charge in [0.2, 0.25) is 0 Å². The Morgan fingerprint density at radius 3 is 1.77 bits per heavy atom. The van der Waals surface area contributed by atoms with Crippen molar-refractivity contribution >= 4 is 17.8 Å². The van der Waals surface area contributed by atoms with Crippen molar-refractivity contribution in [2.75, 3.05) is 5.32 Å². The minimum Gasteiger partial charge on any atom is -0.381 e. The minimum atomic E-state index is 0.847. The lowest BCUT2D eigenvalue weighted by molar-refractivity contribution is 1.15. The van der Waals surface area contributed by atoms with Crippen LogP contribution in [0.3, 0.4) is 0 Å². The maximum absolute atomic E-state index is 3.44. The van der Waals surface area contributed by atoms with E-state index in [1.54, 1.807) is 0 Å². The molecule has 0 atom stereocenters. The summed E-state index contributed by atoms with van der Waals surface area (Å²) in [5.74, 6) is 0. The number of hydrogen-bond donors (Lipinski definition) is 1. The summed E-state index contributed by atoms with van der Waals surface area (Å²) in [6.45, 7) is 0.847. The highest BCUT2D eigenvalue weighted by atomic mass is 14.9. The van der Waals surface area contributed by atoms with Crippen LogP contribution in [0.1, 0.15) is 16.7 Å². The van der Waals surface area contributed by atoms with Crippen LogP contribution >= 0.6 is 0 Å². The van der Waals surface area contributed by atoms with Gasteiger partial charge in [-0.25, -0.2) is 0 Å². The maximum Gasteiger partial charge on any atom is 0.0400 e. The first-order chi connectivity index (χ1) is 10.9. The molecule has 3 aromatic carbocycles. The summed E-state index contributed by atoms with van der Waals surface area (Å²) in [6, 6.07) is 29.3. The van der Waals surface area contributed by atoms with E-state index in [1.165, 1.54) is 16.7 Å². The van der Waals surface area contributed by atoms with E-state index in [4.69, 9.17) is 0 Å². The van der Waals surface area contributed by atoms with Gasteiger partial charge in [-0.05, 0) is 28.8 Å². The van der Waals surface area contributed by atoms with Crippen LogP contribution in [-0.2, 0) is 6.54 Å². The number of rotatable bonds is 5. The first kappa shape index (κ1) is 14.2. The molecule has 0 spiro atoms. The van der Waals surface area contributed by atoms with Gasteiger partial charge in [0.25, 0.3) is 0 Å². The fourth-order valence-corrected chi connectivity index (χ4v) is 2.27. The molecule has 0 amide bonds. The molecule has 1 heteroatoms. The average molecular weight is 285 g/mol. The van der Waals surface area contributed by atoms with Gasteiger partial charge in [0.15, 0.2) is 0 Å². The molecule has 0 bridgehead atoms. The number of anilines is 1. The predicted octanol–water partition coefficient (Wildman–Crippen LogP) is 5.47. The summed E-state index contributed by atoms with van der Waals surface area (Å²) in [5, 5.41) is 3.44. The molecule has 0 saturated heterocycles. The Kier molecular flexibility index (Phi) is 4.68. The molecule has 3 aromatic rings. The van der Waals surface area contributed by atoms with Crippen molar-refractivity contribution in [3.63, 3.8) is 0 Å². The lowest BCUT2D eigenvalue weighted by Crippen LogP contribution is -1.98. The number of nitrogens with one attached hydrogen (secondary N) is 1. The van der Waals surface area contributed by atoms with Crippen molar-refractivity contribution in [1.29, 1.82) is 0 Å². The van der Waals surface area contributed by atoms with Crippen molar-refractivity contribution in [3.8, 4) is 0 Å². The van der Waals surface area contributed by atoms with Gasteiger partial charge in [-0.2, -0.15) is 0 Å². The van der Waals surface area contributed by atoms with Gasteiger partial charge in [0.05, 0.1) is 0 Å². The molecular weight excluding hydrogens is 266 g/mol. The summed E-state index contributed by atoms with van der Waals surface area (Å²) in [5.41, 5.74) is 4.85. The maximum atomic E-state index is 3.44. The van der Waals surface area contributed by atoms with E-state index in [1.807, 2.05) is 12.1 Å². The Morgan fingerprint density at radius 2 is 1.14 bits per heavy atom. The zero-order valence-electron chi connectivity index (χ0n) is 12.4. The second-order valence-electron chi connectivity index (χ2n) is 5.21. The van der Waals surface area contributed by atoms with Gasteiger partial charge in [-0.1, -0.05) is 84.9 Å². The van der Waals surface area contributed by atoms with E-state index >= 15 is 0 Å². The average Bonchev–Trinajstić information content (AvgIpc) is 2.61. The van der Waals surface area contributed by atoms with E-state index in [0.29, 0.717) is 0 Å². The fraction of sp³-hybridized carbons (Fsp3) is 0.0476. The van der Waals surface area contributed by atoms with Crippen molar-refractivity contribution < 1.29 is 0 Å². The molecule has 0 saturated carbocycles. The Morgan fingerprint density at radius 1 is 0.591 bits per heavy atom. The molecule has 0 aliphatic rings. The normalized spacial score (nSPS) is 10.7. The highest BCUT2D eigenvalue weighted by Crippen LogP contribution is 2.13. The van der Waals surface area contributed by atoms with Crippen molar-refractivity contribution in [3.05, 3.63) is 102 Å². The monoisotopic (exact) mass is 285 g/mol. The molecule has 0 radical (unpaired) electrons. The Hall–Kier alpha value is -2.80. The van der Waals surface area contributed by atoms with Crippen molar-refractivity contribution in [1.82, 2.24) is 0 Å². The second kappa shape index (κ2) is 7.28. The van der Waals surface area contributed by atoms with Gasteiger partial charge >= 0.3 is 0 Å². The quantitative estimate of drug-likeness (QED) is 0.613. The topological polar surface area (TPSA) is 12.0 Å². The highest BCUT2D eigenvalue weighted by Gasteiger charge is 1.94. The Bertz CT molecular complexity index is 713. The summed E-state index contributed by atoms with van der Waals surface area (Å²) >= 11 is 0. The predicted molar refractivity (Wildman–Crippen MR) is 95.6 cm³/mol. The minimum absolute atomic E-state index is 0.847. The third-order valence-electron chi connectivity index (χ3n) is 3.52. The lowest BCUT2D eigenvalue weighted by atomic mass is 10.1. The van der Waals surface area contributed by atoms with E-state index in [0.717, 1.165) is 12.2 Å². The molecular formula is C21H19N. The van der Waals surface area contributed by atoms with Gasteiger partial charge in [0.1, 0.15) is 0 Å². The summed E-state index contributed by atoms with van der Waals surface area (Å²) in [4.78, 5) is 0. The van der Waals surface area contributed by atoms with Gasteiger partial charge < -0.3 is 5.32 Å². The van der Waals surface area contributed by atoms with E-state index < -0.39 is 0 Å². The van der Waals surface area contributed by atoms with Crippen LogP contribution in [0, 0.1) is 0 Å². The van der Waals surface area contributed by atoms with Crippen LogP contribution in [0.4, 0.5) is 5.69 Å². The van der Waals surface area contributed by atoms with Crippen LogP contribution in [0.25, 0.3) is 12.2 Å². The first-order valence-electron chi connectivity index (χ1n) is 7.51. The summed E-state index contributed by atoms with van der Waals surface area (Å²) in [7, 11) is 0. The number of benzene rings is 3. The van der Waals surface area contributed by atoms with Crippen LogP contribution in [0.2, 0.25) is 0 Å².